The minimum absolute atomic E-state index is 0.214. The summed E-state index contributed by atoms with van der Waals surface area (Å²) in [5.41, 5.74) is 0.214. The maximum absolute atomic E-state index is 3.50. The van der Waals surface area contributed by atoms with Crippen LogP contribution in [0.4, 0.5) is 0 Å². The van der Waals surface area contributed by atoms with Crippen molar-refractivity contribution < 1.29 is 0 Å². The topological polar surface area (TPSA) is 12.0 Å². The molecule has 0 saturated heterocycles. The first kappa shape index (κ1) is 12.7. The molecule has 1 aromatic rings. The quantitative estimate of drug-likeness (QED) is 0.869. The highest BCUT2D eigenvalue weighted by Gasteiger charge is 2.09. The van der Waals surface area contributed by atoms with Gasteiger partial charge in [-0.1, -0.05) is 0 Å². The summed E-state index contributed by atoms with van der Waals surface area (Å²) in [4.78, 5) is 1.40. The second-order valence-electron chi connectivity index (χ2n) is 4.26. The van der Waals surface area contributed by atoms with Crippen LogP contribution in [0.25, 0.3) is 0 Å². The van der Waals surface area contributed by atoms with Gasteiger partial charge in [-0.25, -0.2) is 0 Å². The maximum Gasteiger partial charge on any atom is 0.0843 e. The van der Waals surface area contributed by atoms with Crippen LogP contribution < -0.4 is 5.32 Å². The lowest BCUT2D eigenvalue weighted by molar-refractivity contribution is 0.430. The molecule has 1 aromatic heterocycles. The van der Waals surface area contributed by atoms with Crippen LogP contribution in [0.15, 0.2) is 14.3 Å². The van der Waals surface area contributed by atoms with Gasteiger partial charge in [-0.2, -0.15) is 0 Å². The van der Waals surface area contributed by atoms with E-state index in [1.807, 2.05) is 0 Å². The minimum atomic E-state index is 0.214. The van der Waals surface area contributed by atoms with Crippen LogP contribution in [0, 0.1) is 0 Å². The largest absolute Gasteiger partial charge is 0.312 e. The lowest BCUT2D eigenvalue weighted by Crippen LogP contribution is -2.36. The molecule has 0 radical (unpaired) electrons. The van der Waals surface area contributed by atoms with Crippen LogP contribution in [0.5, 0.6) is 0 Å². The fourth-order valence-corrected chi connectivity index (χ4v) is 3.25. The Hall–Kier alpha value is 0.620. The van der Waals surface area contributed by atoms with Gasteiger partial charge in [0.1, 0.15) is 0 Å². The molecule has 4 heteroatoms. The molecule has 0 fully saturated rings. The molecule has 1 nitrogen and oxygen atoms in total. The van der Waals surface area contributed by atoms with Gasteiger partial charge in [-0.05, 0) is 65.1 Å². The molecule has 0 aliphatic rings. The summed E-state index contributed by atoms with van der Waals surface area (Å²) < 4.78 is 2.34. The number of hydrogen-bond donors (Lipinski definition) is 1. The van der Waals surface area contributed by atoms with Crippen LogP contribution >= 0.6 is 43.2 Å². The molecule has 0 unspecified atom stereocenters. The molecule has 80 valence electrons. The van der Waals surface area contributed by atoms with Crippen LogP contribution in [0.1, 0.15) is 25.6 Å². The lowest BCUT2D eigenvalue weighted by atomic mass is 10.1. The smallest absolute Gasteiger partial charge is 0.0843 e. The number of hydrogen-bond acceptors (Lipinski definition) is 2. The molecule has 1 heterocycles. The summed E-state index contributed by atoms with van der Waals surface area (Å²) in [5.74, 6) is 0. The molecule has 0 atom stereocenters. The van der Waals surface area contributed by atoms with Crippen molar-refractivity contribution in [2.24, 2.45) is 0 Å². The zero-order valence-electron chi connectivity index (χ0n) is 8.66. The predicted molar refractivity (Wildman–Crippen MR) is 71.2 cm³/mol. The van der Waals surface area contributed by atoms with Gasteiger partial charge < -0.3 is 5.32 Å². The minimum Gasteiger partial charge on any atom is -0.312 e. The molecule has 14 heavy (non-hydrogen) atoms. The van der Waals surface area contributed by atoms with E-state index in [4.69, 9.17) is 0 Å². The number of thiophene rings is 1. The zero-order chi connectivity index (χ0) is 10.8. The second-order valence-corrected chi connectivity index (χ2v) is 7.57. The first-order valence-electron chi connectivity index (χ1n) is 4.57. The average molecular weight is 341 g/mol. The van der Waals surface area contributed by atoms with Gasteiger partial charge in [-0.15, -0.1) is 11.3 Å². The van der Waals surface area contributed by atoms with E-state index in [9.17, 15) is 0 Å². The Labute approximate surface area is 107 Å². The normalized spacial score (nSPS) is 12.1. The van der Waals surface area contributed by atoms with Crippen molar-refractivity contribution in [2.75, 3.05) is 6.54 Å². The van der Waals surface area contributed by atoms with Gasteiger partial charge in [0.2, 0.25) is 0 Å². The first-order chi connectivity index (χ1) is 6.38. The van der Waals surface area contributed by atoms with Gasteiger partial charge in [0.15, 0.2) is 0 Å². The molecule has 0 spiro atoms. The Balaban J connectivity index is 2.39. The molecule has 0 amide bonds. The molecule has 0 bridgehead atoms. The Morgan fingerprint density at radius 1 is 1.36 bits per heavy atom. The first-order valence-corrected chi connectivity index (χ1v) is 6.97. The summed E-state index contributed by atoms with van der Waals surface area (Å²) in [6.07, 6.45) is 1.09. The molecular formula is C10H15Br2NS. The van der Waals surface area contributed by atoms with Gasteiger partial charge in [-0.3, -0.25) is 0 Å². The summed E-state index contributed by atoms with van der Waals surface area (Å²) in [5, 5.41) is 3.48. The third kappa shape index (κ3) is 4.43. The molecule has 0 saturated carbocycles. The highest BCUT2D eigenvalue weighted by molar-refractivity contribution is 9.13. The van der Waals surface area contributed by atoms with Crippen molar-refractivity contribution in [3.05, 3.63) is 19.2 Å². The lowest BCUT2D eigenvalue weighted by Gasteiger charge is -2.19. The van der Waals surface area contributed by atoms with E-state index in [-0.39, 0.29) is 5.54 Å². The summed E-state index contributed by atoms with van der Waals surface area (Å²) in [6, 6.07) is 2.18. The van der Waals surface area contributed by atoms with Gasteiger partial charge in [0.05, 0.1) is 3.79 Å². The van der Waals surface area contributed by atoms with E-state index in [1.54, 1.807) is 11.3 Å². The molecule has 0 aliphatic carbocycles. The third-order valence-electron chi connectivity index (χ3n) is 1.72. The van der Waals surface area contributed by atoms with Crippen LogP contribution in [0.2, 0.25) is 0 Å². The van der Waals surface area contributed by atoms with E-state index in [0.717, 1.165) is 17.4 Å². The van der Waals surface area contributed by atoms with E-state index < -0.39 is 0 Å². The van der Waals surface area contributed by atoms with Crippen LogP contribution in [-0.4, -0.2) is 12.1 Å². The number of rotatable bonds is 3. The third-order valence-corrected chi connectivity index (χ3v) is 5.04. The predicted octanol–water partition coefficient (Wildman–Crippen LogP) is 4.20. The molecule has 0 aliphatic heterocycles. The average Bonchev–Trinajstić information content (AvgIpc) is 2.28. The van der Waals surface area contributed by atoms with Crippen molar-refractivity contribution in [3.63, 3.8) is 0 Å². The van der Waals surface area contributed by atoms with Gasteiger partial charge in [0.25, 0.3) is 0 Å². The number of halogens is 2. The zero-order valence-corrected chi connectivity index (χ0v) is 12.6. The molecule has 1 N–H and O–H groups in total. The standard InChI is InChI=1S/C10H15Br2NS/c1-10(2,3)13-5-4-7-6-8(11)9(12)14-7/h6,13H,4-5H2,1-3H3. The maximum atomic E-state index is 3.50. The molecule has 0 aromatic carbocycles. The van der Waals surface area contributed by atoms with Crippen molar-refractivity contribution >= 4 is 43.2 Å². The monoisotopic (exact) mass is 339 g/mol. The Bertz CT molecular complexity index is 282. The second kappa shape index (κ2) is 5.10. The van der Waals surface area contributed by atoms with E-state index in [0.29, 0.717) is 0 Å². The van der Waals surface area contributed by atoms with Crippen molar-refractivity contribution in [3.8, 4) is 0 Å². The molecule has 1 rings (SSSR count). The van der Waals surface area contributed by atoms with Gasteiger partial charge in [0, 0.05) is 21.4 Å². The fraction of sp³-hybridized carbons (Fsp3) is 0.600. The van der Waals surface area contributed by atoms with Gasteiger partial charge >= 0.3 is 0 Å². The van der Waals surface area contributed by atoms with Crippen molar-refractivity contribution in [2.45, 2.75) is 32.7 Å². The SMILES string of the molecule is CC(C)(C)NCCc1cc(Br)c(Br)s1. The summed E-state index contributed by atoms with van der Waals surface area (Å²) in [6.45, 7) is 7.59. The van der Waals surface area contributed by atoms with E-state index in [2.05, 4.69) is 64.0 Å². The Morgan fingerprint density at radius 2 is 2.00 bits per heavy atom. The number of nitrogens with one attached hydrogen (secondary N) is 1. The molecular weight excluding hydrogens is 326 g/mol. The van der Waals surface area contributed by atoms with E-state index in [1.165, 1.54) is 8.66 Å². The van der Waals surface area contributed by atoms with E-state index >= 15 is 0 Å². The highest BCUT2D eigenvalue weighted by atomic mass is 79.9. The highest BCUT2D eigenvalue weighted by Crippen LogP contribution is 2.32. The van der Waals surface area contributed by atoms with Crippen LogP contribution in [0.3, 0.4) is 0 Å². The van der Waals surface area contributed by atoms with Crippen molar-refractivity contribution in [1.82, 2.24) is 5.32 Å². The fourth-order valence-electron chi connectivity index (χ4n) is 1.08. The van der Waals surface area contributed by atoms with Crippen LogP contribution in [-0.2, 0) is 6.42 Å². The Kier molecular flexibility index (Phi) is 4.62. The summed E-state index contributed by atoms with van der Waals surface area (Å²) >= 11 is 8.78. The van der Waals surface area contributed by atoms with Crippen molar-refractivity contribution in [1.29, 1.82) is 0 Å². The summed E-state index contributed by atoms with van der Waals surface area (Å²) in [7, 11) is 0. The Morgan fingerprint density at radius 3 is 2.43 bits per heavy atom.